The Labute approximate surface area is 124 Å². The van der Waals surface area contributed by atoms with E-state index < -0.39 is 11.9 Å². The van der Waals surface area contributed by atoms with Gasteiger partial charge in [0.1, 0.15) is 0 Å². The highest BCUT2D eigenvalue weighted by molar-refractivity contribution is 6.30. The minimum Gasteiger partial charge on any atom is -0.481 e. The van der Waals surface area contributed by atoms with Crippen LogP contribution in [0.5, 0.6) is 0 Å². The number of hydrogen-bond acceptors (Lipinski definition) is 1. The quantitative estimate of drug-likeness (QED) is 0.907. The molecule has 0 aliphatic carbocycles. The molecule has 0 spiro atoms. The molecule has 0 aliphatic rings. The largest absolute Gasteiger partial charge is 0.481 e. The van der Waals surface area contributed by atoms with E-state index in [-0.39, 0.29) is 0 Å². The van der Waals surface area contributed by atoms with Gasteiger partial charge in [0, 0.05) is 5.02 Å². The fourth-order valence-electron chi connectivity index (χ4n) is 2.42. The van der Waals surface area contributed by atoms with E-state index in [1.807, 2.05) is 32.0 Å². The molecule has 2 aromatic carbocycles. The molecule has 20 heavy (non-hydrogen) atoms. The number of carbonyl (C=O) groups is 1. The van der Waals surface area contributed by atoms with Crippen molar-refractivity contribution in [3.8, 4) is 0 Å². The Bertz CT molecular complexity index is 597. The van der Waals surface area contributed by atoms with Crippen LogP contribution in [0.25, 0.3) is 0 Å². The smallest absolute Gasteiger partial charge is 0.311 e. The molecule has 0 amide bonds. The van der Waals surface area contributed by atoms with Crippen molar-refractivity contribution in [1.29, 1.82) is 0 Å². The normalized spacial score (nSPS) is 12.2. The van der Waals surface area contributed by atoms with Crippen LogP contribution >= 0.6 is 11.6 Å². The monoisotopic (exact) mass is 288 g/mol. The molecule has 0 saturated heterocycles. The molecular weight excluding hydrogens is 272 g/mol. The van der Waals surface area contributed by atoms with E-state index in [0.717, 1.165) is 22.3 Å². The van der Waals surface area contributed by atoms with Crippen LogP contribution in [0.3, 0.4) is 0 Å². The number of halogens is 1. The standard InChI is InChI=1S/C17H17ClO2/c1-11-4-3-5-12(2)15(11)10-16(17(19)20)13-6-8-14(18)9-7-13/h3-9,16H,10H2,1-2H3,(H,19,20). The summed E-state index contributed by atoms with van der Waals surface area (Å²) in [5.74, 6) is -1.36. The molecule has 1 unspecified atom stereocenters. The highest BCUT2D eigenvalue weighted by atomic mass is 35.5. The van der Waals surface area contributed by atoms with Crippen molar-refractivity contribution < 1.29 is 9.90 Å². The maximum absolute atomic E-state index is 11.6. The van der Waals surface area contributed by atoms with Crippen LogP contribution in [0.4, 0.5) is 0 Å². The first-order chi connectivity index (χ1) is 9.49. The van der Waals surface area contributed by atoms with E-state index in [2.05, 4.69) is 0 Å². The number of carboxylic acids is 1. The van der Waals surface area contributed by atoms with Gasteiger partial charge in [-0.2, -0.15) is 0 Å². The Morgan fingerprint density at radius 1 is 1.10 bits per heavy atom. The van der Waals surface area contributed by atoms with Crippen molar-refractivity contribution in [2.24, 2.45) is 0 Å². The zero-order valence-corrected chi connectivity index (χ0v) is 12.3. The van der Waals surface area contributed by atoms with E-state index in [9.17, 15) is 9.90 Å². The first-order valence-electron chi connectivity index (χ1n) is 6.52. The maximum Gasteiger partial charge on any atom is 0.311 e. The summed E-state index contributed by atoms with van der Waals surface area (Å²) in [5.41, 5.74) is 4.15. The molecule has 0 fully saturated rings. The van der Waals surface area contributed by atoms with Crippen LogP contribution in [-0.2, 0) is 11.2 Å². The SMILES string of the molecule is Cc1cccc(C)c1CC(C(=O)O)c1ccc(Cl)cc1. The molecule has 1 atom stereocenters. The molecular formula is C17H17ClO2. The highest BCUT2D eigenvalue weighted by Gasteiger charge is 2.21. The summed E-state index contributed by atoms with van der Waals surface area (Å²) < 4.78 is 0. The lowest BCUT2D eigenvalue weighted by molar-refractivity contribution is -0.138. The molecule has 2 rings (SSSR count). The lowest BCUT2D eigenvalue weighted by Crippen LogP contribution is -2.15. The molecule has 0 aromatic heterocycles. The second-order valence-corrected chi connectivity index (χ2v) is 5.45. The zero-order valence-electron chi connectivity index (χ0n) is 11.6. The van der Waals surface area contributed by atoms with Crippen molar-refractivity contribution in [1.82, 2.24) is 0 Å². The van der Waals surface area contributed by atoms with Crippen molar-refractivity contribution >= 4 is 17.6 Å². The number of carboxylic acid groups (broad SMARTS) is 1. The van der Waals surface area contributed by atoms with Gasteiger partial charge in [0.2, 0.25) is 0 Å². The molecule has 0 aliphatic heterocycles. The van der Waals surface area contributed by atoms with Crippen LogP contribution in [0.15, 0.2) is 42.5 Å². The van der Waals surface area contributed by atoms with Gasteiger partial charge in [-0.1, -0.05) is 41.9 Å². The van der Waals surface area contributed by atoms with Crippen LogP contribution < -0.4 is 0 Å². The topological polar surface area (TPSA) is 37.3 Å². The molecule has 0 saturated carbocycles. The number of rotatable bonds is 4. The predicted octanol–water partition coefficient (Wildman–Crippen LogP) is 4.37. The Balaban J connectivity index is 2.35. The Hall–Kier alpha value is -1.80. The molecule has 0 heterocycles. The summed E-state index contributed by atoms with van der Waals surface area (Å²) in [6.45, 7) is 4.03. The first-order valence-corrected chi connectivity index (χ1v) is 6.90. The van der Waals surface area contributed by atoms with Crippen LogP contribution in [0.1, 0.15) is 28.2 Å². The average Bonchev–Trinajstić information content (AvgIpc) is 2.39. The molecule has 104 valence electrons. The molecule has 0 bridgehead atoms. The van der Waals surface area contributed by atoms with Gasteiger partial charge in [0.25, 0.3) is 0 Å². The van der Waals surface area contributed by atoms with Gasteiger partial charge in [-0.25, -0.2) is 0 Å². The van der Waals surface area contributed by atoms with Gasteiger partial charge in [0.05, 0.1) is 5.92 Å². The maximum atomic E-state index is 11.6. The van der Waals surface area contributed by atoms with E-state index in [1.165, 1.54) is 0 Å². The number of hydrogen-bond donors (Lipinski definition) is 1. The zero-order chi connectivity index (χ0) is 14.7. The summed E-state index contributed by atoms with van der Waals surface area (Å²) in [6, 6.07) is 13.1. The minimum atomic E-state index is -0.810. The van der Waals surface area contributed by atoms with Gasteiger partial charge in [-0.3, -0.25) is 4.79 Å². The lowest BCUT2D eigenvalue weighted by Gasteiger charge is -2.16. The second-order valence-electron chi connectivity index (χ2n) is 5.02. The Kier molecular flexibility index (Phi) is 4.46. The van der Waals surface area contributed by atoms with E-state index in [4.69, 9.17) is 11.6 Å². The summed E-state index contributed by atoms with van der Waals surface area (Å²) >= 11 is 5.86. The molecule has 2 aromatic rings. The van der Waals surface area contributed by atoms with Crippen LogP contribution in [0, 0.1) is 13.8 Å². The second kappa shape index (κ2) is 6.10. The molecule has 3 heteroatoms. The number of aliphatic carboxylic acids is 1. The van der Waals surface area contributed by atoms with Crippen LogP contribution in [0.2, 0.25) is 5.02 Å². The summed E-state index contributed by atoms with van der Waals surface area (Å²) in [5, 5.41) is 10.1. The van der Waals surface area contributed by atoms with Gasteiger partial charge < -0.3 is 5.11 Å². The molecule has 2 nitrogen and oxygen atoms in total. The number of aryl methyl sites for hydroxylation is 2. The predicted molar refractivity (Wildman–Crippen MR) is 81.4 cm³/mol. The Morgan fingerprint density at radius 3 is 2.15 bits per heavy atom. The summed E-state index contributed by atoms with van der Waals surface area (Å²) in [7, 11) is 0. The van der Waals surface area contributed by atoms with Crippen molar-refractivity contribution in [3.05, 3.63) is 69.7 Å². The lowest BCUT2D eigenvalue weighted by atomic mass is 9.88. The number of benzene rings is 2. The average molecular weight is 289 g/mol. The van der Waals surface area contributed by atoms with E-state index >= 15 is 0 Å². The van der Waals surface area contributed by atoms with Gasteiger partial charge in [-0.05, 0) is 54.7 Å². The fourth-order valence-corrected chi connectivity index (χ4v) is 2.54. The third-order valence-corrected chi connectivity index (χ3v) is 3.88. The molecule has 0 radical (unpaired) electrons. The van der Waals surface area contributed by atoms with Crippen molar-refractivity contribution in [2.45, 2.75) is 26.2 Å². The Morgan fingerprint density at radius 2 is 1.65 bits per heavy atom. The van der Waals surface area contributed by atoms with Gasteiger partial charge >= 0.3 is 5.97 Å². The molecule has 1 N–H and O–H groups in total. The fraction of sp³-hybridized carbons (Fsp3) is 0.235. The van der Waals surface area contributed by atoms with Gasteiger partial charge in [-0.15, -0.1) is 0 Å². The third kappa shape index (κ3) is 3.20. The third-order valence-electron chi connectivity index (χ3n) is 3.62. The van der Waals surface area contributed by atoms with E-state index in [1.54, 1.807) is 24.3 Å². The van der Waals surface area contributed by atoms with Gasteiger partial charge in [0.15, 0.2) is 0 Å². The minimum absolute atomic E-state index is 0.496. The van der Waals surface area contributed by atoms with Crippen molar-refractivity contribution in [3.63, 3.8) is 0 Å². The highest BCUT2D eigenvalue weighted by Crippen LogP contribution is 2.26. The summed E-state index contributed by atoms with van der Waals surface area (Å²) in [6.07, 6.45) is 0.496. The first kappa shape index (κ1) is 14.6. The van der Waals surface area contributed by atoms with Crippen LogP contribution in [-0.4, -0.2) is 11.1 Å². The summed E-state index contributed by atoms with van der Waals surface area (Å²) in [4.78, 5) is 11.6. The van der Waals surface area contributed by atoms with E-state index in [0.29, 0.717) is 11.4 Å². The van der Waals surface area contributed by atoms with Crippen molar-refractivity contribution in [2.75, 3.05) is 0 Å².